The van der Waals surface area contributed by atoms with Crippen LogP contribution in [-0.2, 0) is 18.4 Å². The monoisotopic (exact) mass is 408 g/mol. The summed E-state index contributed by atoms with van der Waals surface area (Å²) in [5, 5.41) is 9.07. The number of aromatic nitrogens is 4. The van der Waals surface area contributed by atoms with E-state index in [-0.39, 0.29) is 5.91 Å². The molecule has 0 fully saturated rings. The van der Waals surface area contributed by atoms with Crippen LogP contribution in [0.5, 0.6) is 0 Å². The first-order chi connectivity index (χ1) is 14.1. The van der Waals surface area contributed by atoms with Crippen LogP contribution >= 0.6 is 11.3 Å². The molecule has 0 aliphatic rings. The van der Waals surface area contributed by atoms with Gasteiger partial charge < -0.3 is 9.30 Å². The van der Waals surface area contributed by atoms with Gasteiger partial charge in [-0.25, -0.2) is 10.4 Å². The van der Waals surface area contributed by atoms with Gasteiger partial charge in [0.1, 0.15) is 9.71 Å². The van der Waals surface area contributed by atoms with Crippen molar-refractivity contribution >= 4 is 33.7 Å². The molecule has 0 aromatic carbocycles. The van der Waals surface area contributed by atoms with E-state index in [1.54, 1.807) is 24.2 Å². The van der Waals surface area contributed by atoms with Crippen molar-refractivity contribution in [2.45, 2.75) is 13.5 Å². The Morgan fingerprint density at radius 2 is 2.17 bits per heavy atom. The molecular formula is C20H20N6O2S. The molecule has 0 bridgehead atoms. The lowest BCUT2D eigenvalue weighted by atomic mass is 10.1. The standard InChI is InChI=1S/C20H20N6O2S/c1-13-8-15(12-28-3)16-17(26-6-4-5-7-26)18(29-20(16)23-13)19(27)24-21-9-14-10-22-25(2)11-14/h4-11H,12H2,1-3H3,(H,24,27)/b21-9-. The first-order valence-corrected chi connectivity index (χ1v) is 9.76. The molecule has 1 amide bonds. The van der Waals surface area contributed by atoms with E-state index in [2.05, 4.69) is 20.6 Å². The molecule has 0 aliphatic carbocycles. The number of carbonyl (C=O) groups is 1. The topological polar surface area (TPSA) is 86.3 Å². The second-order valence-electron chi connectivity index (χ2n) is 6.55. The molecule has 1 N–H and O–H groups in total. The third-order valence-corrected chi connectivity index (χ3v) is 5.39. The Morgan fingerprint density at radius 1 is 1.38 bits per heavy atom. The maximum absolute atomic E-state index is 13.0. The van der Waals surface area contributed by atoms with Gasteiger partial charge in [0.15, 0.2) is 0 Å². The highest BCUT2D eigenvalue weighted by Gasteiger charge is 2.23. The molecule has 0 saturated heterocycles. The number of aryl methyl sites for hydroxylation is 2. The molecule has 0 saturated carbocycles. The number of thiophene rings is 1. The first kappa shape index (κ1) is 19.0. The van der Waals surface area contributed by atoms with Crippen molar-refractivity contribution in [1.29, 1.82) is 0 Å². The summed E-state index contributed by atoms with van der Waals surface area (Å²) in [4.78, 5) is 18.9. The van der Waals surface area contributed by atoms with Crippen LogP contribution in [0.15, 0.2) is 48.1 Å². The number of rotatable bonds is 6. The van der Waals surface area contributed by atoms with Crippen molar-refractivity contribution in [2.75, 3.05) is 7.11 Å². The zero-order valence-electron chi connectivity index (χ0n) is 16.3. The minimum Gasteiger partial charge on any atom is -0.380 e. The van der Waals surface area contributed by atoms with Crippen LogP contribution in [0.3, 0.4) is 0 Å². The normalized spacial score (nSPS) is 11.6. The van der Waals surface area contributed by atoms with Crippen LogP contribution in [0.25, 0.3) is 15.9 Å². The second kappa shape index (κ2) is 7.98. The number of ether oxygens (including phenoxy) is 1. The fraction of sp³-hybridized carbons (Fsp3) is 0.200. The molecule has 4 rings (SSSR count). The zero-order chi connectivity index (χ0) is 20.4. The van der Waals surface area contributed by atoms with Crippen LogP contribution < -0.4 is 5.43 Å². The molecule has 148 valence electrons. The molecule has 0 atom stereocenters. The van der Waals surface area contributed by atoms with Gasteiger partial charge in [-0.2, -0.15) is 10.2 Å². The van der Waals surface area contributed by atoms with E-state index in [9.17, 15) is 4.79 Å². The molecule has 0 aliphatic heterocycles. The van der Waals surface area contributed by atoms with E-state index in [0.29, 0.717) is 11.5 Å². The Hall–Kier alpha value is -3.30. The fourth-order valence-electron chi connectivity index (χ4n) is 3.17. The number of methoxy groups -OCH3 is 1. The Morgan fingerprint density at radius 3 is 2.86 bits per heavy atom. The minimum atomic E-state index is -0.294. The van der Waals surface area contributed by atoms with Gasteiger partial charge in [-0.3, -0.25) is 9.48 Å². The Labute approximate surface area is 171 Å². The summed E-state index contributed by atoms with van der Waals surface area (Å²) in [5.74, 6) is -0.294. The number of nitrogens with zero attached hydrogens (tertiary/aromatic N) is 5. The van der Waals surface area contributed by atoms with Crippen molar-refractivity contribution in [2.24, 2.45) is 12.1 Å². The lowest BCUT2D eigenvalue weighted by molar-refractivity contribution is 0.0959. The van der Waals surface area contributed by atoms with Crippen LogP contribution in [0.4, 0.5) is 0 Å². The lowest BCUT2D eigenvalue weighted by Gasteiger charge is -2.09. The number of hydrogen-bond acceptors (Lipinski definition) is 6. The summed E-state index contributed by atoms with van der Waals surface area (Å²) in [6.45, 7) is 2.37. The maximum Gasteiger partial charge on any atom is 0.283 e. The molecule has 4 heterocycles. The van der Waals surface area contributed by atoms with E-state index >= 15 is 0 Å². The van der Waals surface area contributed by atoms with Gasteiger partial charge >= 0.3 is 0 Å². The molecule has 4 aromatic rings. The third-order valence-electron chi connectivity index (χ3n) is 4.32. The Balaban J connectivity index is 1.77. The summed E-state index contributed by atoms with van der Waals surface area (Å²) in [6.07, 6.45) is 8.86. The van der Waals surface area contributed by atoms with Crippen molar-refractivity contribution in [3.63, 3.8) is 0 Å². The lowest BCUT2D eigenvalue weighted by Crippen LogP contribution is -2.18. The Kier molecular flexibility index (Phi) is 5.24. The van der Waals surface area contributed by atoms with E-state index in [4.69, 9.17) is 4.74 Å². The molecule has 8 nitrogen and oxygen atoms in total. The summed E-state index contributed by atoms with van der Waals surface area (Å²) in [7, 11) is 3.48. The SMILES string of the molecule is COCc1cc(C)nc2sc(C(=O)N/N=C\c3cnn(C)c3)c(-n3cccc3)c12. The molecule has 0 spiro atoms. The highest BCUT2D eigenvalue weighted by atomic mass is 32.1. The fourth-order valence-corrected chi connectivity index (χ4v) is 4.33. The first-order valence-electron chi connectivity index (χ1n) is 8.94. The van der Waals surface area contributed by atoms with E-state index < -0.39 is 0 Å². The van der Waals surface area contributed by atoms with E-state index in [1.807, 2.05) is 55.3 Å². The quantitative estimate of drug-likeness (QED) is 0.392. The third kappa shape index (κ3) is 3.82. The van der Waals surface area contributed by atoms with E-state index in [0.717, 1.165) is 32.7 Å². The summed E-state index contributed by atoms with van der Waals surface area (Å²) in [5.41, 5.74) is 6.07. The number of amides is 1. The summed E-state index contributed by atoms with van der Waals surface area (Å²) in [6, 6.07) is 5.83. The molecule has 9 heteroatoms. The summed E-state index contributed by atoms with van der Waals surface area (Å²) >= 11 is 1.34. The van der Waals surface area contributed by atoms with Gasteiger partial charge in [-0.05, 0) is 30.7 Å². The average Bonchev–Trinajstić information content (AvgIpc) is 3.41. The number of pyridine rings is 1. The largest absolute Gasteiger partial charge is 0.380 e. The molecular weight excluding hydrogens is 388 g/mol. The highest BCUT2D eigenvalue weighted by molar-refractivity contribution is 7.21. The predicted octanol–water partition coefficient (Wildman–Crippen LogP) is 3.04. The maximum atomic E-state index is 13.0. The van der Waals surface area contributed by atoms with Gasteiger partial charge in [0, 0.05) is 49.4 Å². The predicted molar refractivity (Wildman–Crippen MR) is 113 cm³/mol. The highest BCUT2D eigenvalue weighted by Crippen LogP contribution is 2.36. The number of carbonyl (C=O) groups excluding carboxylic acids is 1. The van der Waals surface area contributed by atoms with Gasteiger partial charge in [0.25, 0.3) is 5.91 Å². The molecule has 29 heavy (non-hydrogen) atoms. The number of fused-ring (bicyclic) bond motifs is 1. The van der Waals surface area contributed by atoms with Gasteiger partial charge in [0.05, 0.1) is 24.7 Å². The smallest absolute Gasteiger partial charge is 0.283 e. The molecule has 0 radical (unpaired) electrons. The zero-order valence-corrected chi connectivity index (χ0v) is 17.1. The van der Waals surface area contributed by atoms with Crippen molar-refractivity contribution in [3.05, 3.63) is 64.7 Å². The second-order valence-corrected chi connectivity index (χ2v) is 7.55. The van der Waals surface area contributed by atoms with Crippen molar-refractivity contribution < 1.29 is 9.53 Å². The molecule has 0 unspecified atom stereocenters. The minimum absolute atomic E-state index is 0.294. The summed E-state index contributed by atoms with van der Waals surface area (Å²) < 4.78 is 8.98. The van der Waals surface area contributed by atoms with Gasteiger partial charge in [0.2, 0.25) is 0 Å². The van der Waals surface area contributed by atoms with Crippen LogP contribution in [0.1, 0.15) is 26.5 Å². The van der Waals surface area contributed by atoms with Gasteiger partial charge in [-0.15, -0.1) is 11.3 Å². The van der Waals surface area contributed by atoms with E-state index in [1.165, 1.54) is 11.3 Å². The number of nitrogens with one attached hydrogen (secondary N) is 1. The van der Waals surface area contributed by atoms with Crippen LogP contribution in [-0.4, -0.2) is 38.6 Å². The van der Waals surface area contributed by atoms with Crippen LogP contribution in [0, 0.1) is 6.92 Å². The number of hydrogen-bond donors (Lipinski definition) is 1. The van der Waals surface area contributed by atoms with Crippen LogP contribution in [0.2, 0.25) is 0 Å². The number of hydrazone groups is 1. The molecule has 4 aromatic heterocycles. The Bertz CT molecular complexity index is 1190. The van der Waals surface area contributed by atoms with Crippen molar-refractivity contribution in [1.82, 2.24) is 24.8 Å². The average molecular weight is 408 g/mol. The van der Waals surface area contributed by atoms with Crippen molar-refractivity contribution in [3.8, 4) is 5.69 Å². The van der Waals surface area contributed by atoms with Gasteiger partial charge in [-0.1, -0.05) is 0 Å².